The highest BCUT2D eigenvalue weighted by Gasteiger charge is 2.27. The lowest BCUT2D eigenvalue weighted by atomic mass is 10.1. The summed E-state index contributed by atoms with van der Waals surface area (Å²) in [6.45, 7) is 5.06. The summed E-state index contributed by atoms with van der Waals surface area (Å²) < 4.78 is 22.7. The van der Waals surface area contributed by atoms with E-state index in [1.54, 1.807) is 11.3 Å². The van der Waals surface area contributed by atoms with Crippen molar-refractivity contribution in [3.8, 4) is 0 Å². The number of hydrogen-bond donors (Lipinski definition) is 1. The quantitative estimate of drug-likeness (QED) is 0.914. The predicted molar refractivity (Wildman–Crippen MR) is 72.2 cm³/mol. The molecule has 3 nitrogen and oxygen atoms in total. The van der Waals surface area contributed by atoms with Crippen LogP contribution in [0.3, 0.4) is 0 Å². The van der Waals surface area contributed by atoms with E-state index in [0.717, 1.165) is 13.0 Å². The molecule has 0 aromatic carbocycles. The smallest absolute Gasteiger partial charge is 0.150 e. The molecule has 1 aromatic rings. The Balaban J connectivity index is 1.85. The van der Waals surface area contributed by atoms with E-state index in [4.69, 9.17) is 0 Å². The zero-order valence-electron chi connectivity index (χ0n) is 10.3. The first-order valence-electron chi connectivity index (χ1n) is 5.96. The number of hydrogen-bond acceptors (Lipinski definition) is 4. The Morgan fingerprint density at radius 3 is 2.88 bits per heavy atom. The first kappa shape index (κ1) is 13.1. The van der Waals surface area contributed by atoms with Gasteiger partial charge in [0.05, 0.1) is 11.5 Å². The van der Waals surface area contributed by atoms with Gasteiger partial charge in [0.1, 0.15) is 0 Å². The van der Waals surface area contributed by atoms with Crippen molar-refractivity contribution < 1.29 is 8.42 Å². The van der Waals surface area contributed by atoms with Crippen LogP contribution in [0, 0.1) is 12.8 Å². The third kappa shape index (κ3) is 3.30. The van der Waals surface area contributed by atoms with Gasteiger partial charge in [-0.15, -0.1) is 11.3 Å². The molecule has 0 amide bonds. The van der Waals surface area contributed by atoms with Crippen LogP contribution in [-0.2, 0) is 9.84 Å². The van der Waals surface area contributed by atoms with Crippen LogP contribution in [0.15, 0.2) is 11.4 Å². The van der Waals surface area contributed by atoms with Crippen molar-refractivity contribution in [3.63, 3.8) is 0 Å². The summed E-state index contributed by atoms with van der Waals surface area (Å²) in [7, 11) is -2.74. The molecular formula is C12H19NO2S2. The molecule has 0 bridgehead atoms. The van der Waals surface area contributed by atoms with Crippen molar-refractivity contribution in [1.29, 1.82) is 0 Å². The van der Waals surface area contributed by atoms with Crippen molar-refractivity contribution in [2.75, 3.05) is 18.1 Å². The van der Waals surface area contributed by atoms with E-state index >= 15 is 0 Å². The first-order valence-corrected chi connectivity index (χ1v) is 8.66. The van der Waals surface area contributed by atoms with Crippen molar-refractivity contribution in [1.82, 2.24) is 5.32 Å². The van der Waals surface area contributed by atoms with E-state index in [0.29, 0.717) is 23.5 Å². The fourth-order valence-electron chi connectivity index (χ4n) is 2.30. The maximum absolute atomic E-state index is 11.3. The first-order chi connectivity index (χ1) is 7.98. The summed E-state index contributed by atoms with van der Waals surface area (Å²) in [5.74, 6) is 1.02. The molecule has 1 aliphatic heterocycles. The summed E-state index contributed by atoms with van der Waals surface area (Å²) >= 11 is 1.76. The Bertz CT molecular complexity index is 478. The van der Waals surface area contributed by atoms with E-state index in [1.165, 1.54) is 10.4 Å². The molecule has 0 spiro atoms. The summed E-state index contributed by atoms with van der Waals surface area (Å²) in [5, 5.41) is 5.55. The van der Waals surface area contributed by atoms with Gasteiger partial charge in [0.25, 0.3) is 0 Å². The minimum absolute atomic E-state index is 0.294. The molecule has 0 aliphatic carbocycles. The summed E-state index contributed by atoms with van der Waals surface area (Å²) in [6, 6.07) is 2.44. The zero-order valence-corrected chi connectivity index (χ0v) is 11.9. The Labute approximate surface area is 107 Å². The molecular weight excluding hydrogens is 254 g/mol. The maximum Gasteiger partial charge on any atom is 0.150 e. The lowest BCUT2D eigenvalue weighted by Crippen LogP contribution is -2.26. The number of thiophene rings is 1. The van der Waals surface area contributed by atoms with Crippen LogP contribution in [0.25, 0.3) is 0 Å². The average molecular weight is 273 g/mol. The second-order valence-corrected chi connectivity index (χ2v) is 8.04. The Hall–Kier alpha value is -0.390. The molecule has 2 rings (SSSR count). The molecule has 1 saturated heterocycles. The monoisotopic (exact) mass is 273 g/mol. The number of sulfone groups is 1. The SMILES string of the molecule is Cc1ccsc1C(C)NCC1CCS(=O)(=O)C1. The summed E-state index contributed by atoms with van der Waals surface area (Å²) in [4.78, 5) is 1.35. The Kier molecular flexibility index (Phi) is 3.90. The van der Waals surface area contributed by atoms with Crippen LogP contribution in [0.5, 0.6) is 0 Å². The summed E-state index contributed by atoms with van der Waals surface area (Å²) in [6.07, 6.45) is 0.811. The van der Waals surface area contributed by atoms with Gasteiger partial charge in [-0.05, 0) is 49.7 Å². The second kappa shape index (κ2) is 5.08. The molecule has 1 aliphatic rings. The molecule has 2 unspecified atom stereocenters. The van der Waals surface area contributed by atoms with Crippen LogP contribution in [0.1, 0.15) is 29.8 Å². The maximum atomic E-state index is 11.3. The van der Waals surface area contributed by atoms with E-state index < -0.39 is 9.84 Å². The van der Waals surface area contributed by atoms with Crippen molar-refractivity contribution in [3.05, 3.63) is 21.9 Å². The highest BCUT2D eigenvalue weighted by molar-refractivity contribution is 7.91. The molecule has 1 N–H and O–H groups in total. The van der Waals surface area contributed by atoms with Crippen LogP contribution >= 0.6 is 11.3 Å². The lowest BCUT2D eigenvalue weighted by Gasteiger charge is -2.16. The number of aryl methyl sites for hydroxylation is 1. The summed E-state index contributed by atoms with van der Waals surface area (Å²) in [5.41, 5.74) is 1.31. The second-order valence-electron chi connectivity index (χ2n) is 4.87. The average Bonchev–Trinajstić information content (AvgIpc) is 2.81. The molecule has 2 heterocycles. The van der Waals surface area contributed by atoms with Gasteiger partial charge in [-0.25, -0.2) is 8.42 Å². The largest absolute Gasteiger partial charge is 0.309 e. The molecule has 1 fully saturated rings. The van der Waals surface area contributed by atoms with Crippen molar-refractivity contribution >= 4 is 21.2 Å². The predicted octanol–water partition coefficient (Wildman–Crippen LogP) is 2.14. The molecule has 2 atom stereocenters. The van der Waals surface area contributed by atoms with E-state index in [9.17, 15) is 8.42 Å². The normalized spacial score (nSPS) is 24.9. The third-order valence-electron chi connectivity index (χ3n) is 3.33. The fourth-order valence-corrected chi connectivity index (χ4v) is 5.12. The zero-order chi connectivity index (χ0) is 12.5. The Morgan fingerprint density at radius 1 is 1.59 bits per heavy atom. The third-order valence-corrected chi connectivity index (χ3v) is 6.37. The van der Waals surface area contributed by atoms with Gasteiger partial charge in [-0.1, -0.05) is 0 Å². The molecule has 1 aromatic heterocycles. The molecule has 0 radical (unpaired) electrons. The van der Waals surface area contributed by atoms with Crippen LogP contribution < -0.4 is 5.32 Å². The topological polar surface area (TPSA) is 46.2 Å². The van der Waals surface area contributed by atoms with Crippen molar-refractivity contribution in [2.24, 2.45) is 5.92 Å². The van der Waals surface area contributed by atoms with Gasteiger partial charge in [-0.3, -0.25) is 0 Å². The van der Waals surface area contributed by atoms with Gasteiger partial charge in [0.2, 0.25) is 0 Å². The standard InChI is InChI=1S/C12H19NO2S2/c1-9-3-5-16-12(9)10(2)13-7-11-4-6-17(14,15)8-11/h3,5,10-11,13H,4,6-8H2,1-2H3. The van der Waals surface area contributed by atoms with Gasteiger partial charge in [-0.2, -0.15) is 0 Å². The number of nitrogens with one attached hydrogen (secondary N) is 1. The van der Waals surface area contributed by atoms with Crippen LogP contribution in [0.2, 0.25) is 0 Å². The highest BCUT2D eigenvalue weighted by Crippen LogP contribution is 2.24. The van der Waals surface area contributed by atoms with Crippen molar-refractivity contribution in [2.45, 2.75) is 26.3 Å². The van der Waals surface area contributed by atoms with Crippen LogP contribution in [-0.4, -0.2) is 26.5 Å². The van der Waals surface area contributed by atoms with E-state index in [-0.39, 0.29) is 0 Å². The minimum Gasteiger partial charge on any atom is -0.309 e. The fraction of sp³-hybridized carbons (Fsp3) is 0.667. The number of rotatable bonds is 4. The minimum atomic E-state index is -2.74. The van der Waals surface area contributed by atoms with E-state index in [2.05, 4.69) is 30.6 Å². The Morgan fingerprint density at radius 2 is 2.35 bits per heavy atom. The highest BCUT2D eigenvalue weighted by atomic mass is 32.2. The molecule has 17 heavy (non-hydrogen) atoms. The van der Waals surface area contributed by atoms with Crippen LogP contribution in [0.4, 0.5) is 0 Å². The van der Waals surface area contributed by atoms with E-state index in [1.807, 2.05) is 0 Å². The lowest BCUT2D eigenvalue weighted by molar-refractivity contribution is 0.479. The van der Waals surface area contributed by atoms with Gasteiger partial charge in [0, 0.05) is 10.9 Å². The van der Waals surface area contributed by atoms with Gasteiger partial charge in [0.15, 0.2) is 9.84 Å². The van der Waals surface area contributed by atoms with Gasteiger partial charge < -0.3 is 5.32 Å². The van der Waals surface area contributed by atoms with Gasteiger partial charge >= 0.3 is 0 Å². The molecule has 96 valence electrons. The molecule has 5 heteroatoms. The molecule has 0 saturated carbocycles.